The molecule has 0 radical (unpaired) electrons. The fraction of sp³-hybridized carbons (Fsp3) is 0.643. The molecular weight excluding hydrogens is 214 g/mol. The fourth-order valence-corrected chi connectivity index (χ4v) is 2.53. The summed E-state index contributed by atoms with van der Waals surface area (Å²) in [7, 11) is 0. The van der Waals surface area contributed by atoms with Crippen LogP contribution in [0.1, 0.15) is 38.2 Å². The average Bonchev–Trinajstić information content (AvgIpc) is 2.34. The molecule has 0 bridgehead atoms. The van der Waals surface area contributed by atoms with Crippen LogP contribution in [-0.4, -0.2) is 26.9 Å². The van der Waals surface area contributed by atoms with Gasteiger partial charge in [-0.05, 0) is 49.3 Å². The highest BCUT2D eigenvalue weighted by Crippen LogP contribution is 2.35. The van der Waals surface area contributed by atoms with Crippen molar-refractivity contribution < 1.29 is 10.2 Å². The van der Waals surface area contributed by atoms with Gasteiger partial charge in [0.1, 0.15) is 0 Å². The molecule has 0 amide bonds. The highest BCUT2D eigenvalue weighted by atomic mass is 16.3. The lowest BCUT2D eigenvalue weighted by molar-refractivity contribution is -0.102. The van der Waals surface area contributed by atoms with Gasteiger partial charge in [0.15, 0.2) is 0 Å². The summed E-state index contributed by atoms with van der Waals surface area (Å²) in [5.74, 6) is 0.670. The number of hydrogen-bond acceptors (Lipinski definition) is 3. The Morgan fingerprint density at radius 3 is 2.53 bits per heavy atom. The topological polar surface area (TPSA) is 53.4 Å². The van der Waals surface area contributed by atoms with Gasteiger partial charge in [0.05, 0.1) is 11.7 Å². The lowest BCUT2D eigenvalue weighted by Crippen LogP contribution is -2.46. The summed E-state index contributed by atoms with van der Waals surface area (Å²) in [5.41, 5.74) is 0.134. The van der Waals surface area contributed by atoms with Gasteiger partial charge in [-0.25, -0.2) is 0 Å². The lowest BCUT2D eigenvalue weighted by Gasteiger charge is -2.38. The molecule has 2 rings (SSSR count). The van der Waals surface area contributed by atoms with E-state index in [4.69, 9.17) is 0 Å². The third-order valence-electron chi connectivity index (χ3n) is 3.94. The van der Waals surface area contributed by atoms with Gasteiger partial charge in [0.25, 0.3) is 0 Å². The molecule has 0 saturated heterocycles. The van der Waals surface area contributed by atoms with Crippen LogP contribution in [0.5, 0.6) is 0 Å². The van der Waals surface area contributed by atoms with Crippen molar-refractivity contribution in [2.24, 2.45) is 5.92 Å². The molecular formula is C14H21NO2. The summed E-state index contributed by atoms with van der Waals surface area (Å²) >= 11 is 0. The molecule has 1 heterocycles. The maximum Gasteiger partial charge on any atom is 0.0908 e. The van der Waals surface area contributed by atoms with Crippen LogP contribution in [-0.2, 0) is 6.42 Å². The minimum atomic E-state index is -0.893. The molecule has 0 spiro atoms. The largest absolute Gasteiger partial charge is 0.390 e. The number of rotatable bonds is 3. The summed E-state index contributed by atoms with van der Waals surface area (Å²) < 4.78 is 0. The molecule has 1 unspecified atom stereocenters. The quantitative estimate of drug-likeness (QED) is 0.841. The van der Waals surface area contributed by atoms with Crippen molar-refractivity contribution in [1.82, 2.24) is 4.98 Å². The molecule has 1 aromatic rings. The van der Waals surface area contributed by atoms with Crippen LogP contribution in [0.25, 0.3) is 0 Å². The molecule has 2 N–H and O–H groups in total. The van der Waals surface area contributed by atoms with E-state index in [9.17, 15) is 10.2 Å². The van der Waals surface area contributed by atoms with E-state index in [0.29, 0.717) is 25.2 Å². The van der Waals surface area contributed by atoms with Crippen molar-refractivity contribution in [3.8, 4) is 0 Å². The normalized spacial score (nSPS) is 31.1. The van der Waals surface area contributed by atoms with Crippen LogP contribution < -0.4 is 0 Å². The van der Waals surface area contributed by atoms with E-state index < -0.39 is 11.7 Å². The Morgan fingerprint density at radius 1 is 1.35 bits per heavy atom. The minimum absolute atomic E-state index is 0.507. The number of pyridine rings is 1. The van der Waals surface area contributed by atoms with Crippen molar-refractivity contribution >= 4 is 0 Å². The first-order valence-electron chi connectivity index (χ1n) is 6.39. The van der Waals surface area contributed by atoms with Crippen LogP contribution >= 0.6 is 0 Å². The highest BCUT2D eigenvalue weighted by Gasteiger charge is 2.38. The zero-order valence-electron chi connectivity index (χ0n) is 10.3. The van der Waals surface area contributed by atoms with E-state index in [-0.39, 0.29) is 0 Å². The van der Waals surface area contributed by atoms with Crippen LogP contribution in [0.4, 0.5) is 0 Å². The number of aliphatic hydroxyl groups excluding tert-OH is 1. The molecule has 17 heavy (non-hydrogen) atoms. The Morgan fingerprint density at radius 2 is 1.94 bits per heavy atom. The second-order valence-corrected chi connectivity index (χ2v) is 5.36. The first-order chi connectivity index (χ1) is 8.10. The van der Waals surface area contributed by atoms with Gasteiger partial charge in [-0.3, -0.25) is 4.98 Å². The van der Waals surface area contributed by atoms with Gasteiger partial charge in [-0.15, -0.1) is 0 Å². The molecule has 3 heteroatoms. The van der Waals surface area contributed by atoms with Crippen molar-refractivity contribution in [2.75, 3.05) is 0 Å². The monoisotopic (exact) mass is 235 g/mol. The highest BCUT2D eigenvalue weighted by molar-refractivity contribution is 5.12. The summed E-state index contributed by atoms with van der Waals surface area (Å²) in [6.45, 7) is 2.20. The molecule has 0 aliphatic heterocycles. The van der Waals surface area contributed by atoms with Crippen LogP contribution in [0.15, 0.2) is 24.5 Å². The Hall–Kier alpha value is -0.930. The summed E-state index contributed by atoms with van der Waals surface area (Å²) in [4.78, 5) is 3.95. The third kappa shape index (κ3) is 3.05. The van der Waals surface area contributed by atoms with E-state index in [1.165, 1.54) is 0 Å². The van der Waals surface area contributed by atoms with Gasteiger partial charge < -0.3 is 10.2 Å². The van der Waals surface area contributed by atoms with E-state index in [0.717, 1.165) is 18.4 Å². The van der Waals surface area contributed by atoms with Crippen molar-refractivity contribution in [3.05, 3.63) is 30.1 Å². The summed E-state index contributed by atoms with van der Waals surface area (Å²) in [6.07, 6.45) is 6.70. The average molecular weight is 235 g/mol. The molecule has 1 saturated carbocycles. The standard InChI is InChI=1S/C14H21NO2/c1-11-2-6-14(17,7-3-11)13(16)10-12-4-8-15-9-5-12/h4-5,8-9,11,13,16-17H,2-3,6-7,10H2,1H3. The molecule has 1 aliphatic rings. The van der Waals surface area contributed by atoms with Gasteiger partial charge in [-0.1, -0.05) is 6.92 Å². The predicted molar refractivity (Wildman–Crippen MR) is 66.5 cm³/mol. The van der Waals surface area contributed by atoms with Crippen molar-refractivity contribution in [2.45, 2.75) is 50.7 Å². The third-order valence-corrected chi connectivity index (χ3v) is 3.94. The zero-order chi connectivity index (χ0) is 12.3. The minimum Gasteiger partial charge on any atom is -0.390 e. The summed E-state index contributed by atoms with van der Waals surface area (Å²) in [5, 5.41) is 20.7. The fourth-order valence-electron chi connectivity index (χ4n) is 2.53. The van der Waals surface area contributed by atoms with Crippen molar-refractivity contribution in [3.63, 3.8) is 0 Å². The Balaban J connectivity index is 1.97. The molecule has 1 aliphatic carbocycles. The molecule has 3 nitrogen and oxygen atoms in total. The van der Waals surface area contributed by atoms with Gasteiger partial charge in [0.2, 0.25) is 0 Å². The zero-order valence-corrected chi connectivity index (χ0v) is 10.3. The molecule has 94 valence electrons. The van der Waals surface area contributed by atoms with Gasteiger partial charge in [-0.2, -0.15) is 0 Å². The number of aliphatic hydroxyl groups is 2. The van der Waals surface area contributed by atoms with Gasteiger partial charge >= 0.3 is 0 Å². The lowest BCUT2D eigenvalue weighted by atomic mass is 9.75. The molecule has 1 fully saturated rings. The number of nitrogens with zero attached hydrogens (tertiary/aromatic N) is 1. The second-order valence-electron chi connectivity index (χ2n) is 5.36. The van der Waals surface area contributed by atoms with E-state index in [1.807, 2.05) is 12.1 Å². The van der Waals surface area contributed by atoms with Crippen LogP contribution in [0.2, 0.25) is 0 Å². The molecule has 0 aromatic carbocycles. The maximum absolute atomic E-state index is 10.5. The van der Waals surface area contributed by atoms with Crippen LogP contribution in [0, 0.1) is 5.92 Å². The number of hydrogen-bond donors (Lipinski definition) is 2. The Bertz CT molecular complexity index is 344. The Labute approximate surface area is 103 Å². The maximum atomic E-state index is 10.5. The molecule has 1 aromatic heterocycles. The Kier molecular flexibility index (Phi) is 3.79. The molecule has 1 atom stereocenters. The van der Waals surface area contributed by atoms with Gasteiger partial charge in [0, 0.05) is 18.8 Å². The first-order valence-corrected chi connectivity index (χ1v) is 6.39. The van der Waals surface area contributed by atoms with E-state index in [1.54, 1.807) is 12.4 Å². The summed E-state index contributed by atoms with van der Waals surface area (Å²) in [6, 6.07) is 3.77. The van der Waals surface area contributed by atoms with Crippen molar-refractivity contribution in [1.29, 1.82) is 0 Å². The van der Waals surface area contributed by atoms with E-state index in [2.05, 4.69) is 11.9 Å². The first kappa shape index (κ1) is 12.5. The van der Waals surface area contributed by atoms with Crippen LogP contribution in [0.3, 0.4) is 0 Å². The number of aromatic nitrogens is 1. The second kappa shape index (κ2) is 5.15. The smallest absolute Gasteiger partial charge is 0.0908 e. The predicted octanol–water partition coefficient (Wildman–Crippen LogP) is 1.93. The van der Waals surface area contributed by atoms with E-state index >= 15 is 0 Å². The SMILES string of the molecule is CC1CCC(O)(C(O)Cc2ccncc2)CC1.